The molecule has 1 heterocycles. The smallest absolute Gasteiger partial charge is 0.228 e. The Hall–Kier alpha value is -0.610. The lowest BCUT2D eigenvalue weighted by molar-refractivity contribution is -0.138. The van der Waals surface area contributed by atoms with Crippen molar-refractivity contribution in [2.24, 2.45) is 11.1 Å². The van der Waals surface area contributed by atoms with Crippen molar-refractivity contribution in [1.82, 2.24) is 5.32 Å². The molecule has 88 valence electrons. The SMILES string of the molecule is CC(C)NC(=O)C1(C(C)N)CCOCC1. The van der Waals surface area contributed by atoms with Crippen LogP contribution in [0.25, 0.3) is 0 Å². The molecule has 1 rings (SSSR count). The second-order valence-electron chi connectivity index (χ2n) is 4.69. The van der Waals surface area contributed by atoms with Gasteiger partial charge in [0.15, 0.2) is 0 Å². The Morgan fingerprint density at radius 3 is 2.27 bits per heavy atom. The van der Waals surface area contributed by atoms with Crippen LogP contribution in [-0.4, -0.2) is 31.2 Å². The van der Waals surface area contributed by atoms with Gasteiger partial charge in [-0.15, -0.1) is 0 Å². The Morgan fingerprint density at radius 1 is 1.33 bits per heavy atom. The molecule has 4 heteroatoms. The van der Waals surface area contributed by atoms with Crippen LogP contribution in [-0.2, 0) is 9.53 Å². The van der Waals surface area contributed by atoms with E-state index in [4.69, 9.17) is 10.5 Å². The summed E-state index contributed by atoms with van der Waals surface area (Å²) in [6, 6.07) is 0.0381. The van der Waals surface area contributed by atoms with E-state index in [1.54, 1.807) is 0 Å². The van der Waals surface area contributed by atoms with E-state index in [1.165, 1.54) is 0 Å². The summed E-state index contributed by atoms with van der Waals surface area (Å²) in [5.74, 6) is 0.0794. The van der Waals surface area contributed by atoms with Gasteiger partial charge in [0.1, 0.15) is 0 Å². The van der Waals surface area contributed by atoms with Gasteiger partial charge in [-0.3, -0.25) is 4.79 Å². The average molecular weight is 214 g/mol. The first-order valence-corrected chi connectivity index (χ1v) is 5.63. The van der Waals surface area contributed by atoms with Gasteiger partial charge in [-0.1, -0.05) is 0 Å². The fraction of sp³-hybridized carbons (Fsp3) is 0.909. The van der Waals surface area contributed by atoms with Gasteiger partial charge in [0, 0.05) is 25.3 Å². The molecule has 0 aromatic rings. The van der Waals surface area contributed by atoms with Crippen LogP contribution in [0.1, 0.15) is 33.6 Å². The molecule has 0 bridgehead atoms. The van der Waals surface area contributed by atoms with Crippen molar-refractivity contribution < 1.29 is 9.53 Å². The molecule has 0 aromatic carbocycles. The summed E-state index contributed by atoms with van der Waals surface area (Å²) < 4.78 is 5.29. The molecular weight excluding hydrogens is 192 g/mol. The van der Waals surface area contributed by atoms with Crippen LogP contribution < -0.4 is 11.1 Å². The van der Waals surface area contributed by atoms with E-state index >= 15 is 0 Å². The number of amides is 1. The first-order chi connectivity index (χ1) is 6.99. The summed E-state index contributed by atoms with van der Waals surface area (Å²) in [5.41, 5.74) is 5.53. The predicted molar refractivity (Wildman–Crippen MR) is 59.4 cm³/mol. The highest BCUT2D eigenvalue weighted by Crippen LogP contribution is 2.33. The molecule has 1 amide bonds. The van der Waals surface area contributed by atoms with Crippen molar-refractivity contribution in [3.05, 3.63) is 0 Å². The minimum Gasteiger partial charge on any atom is -0.381 e. The lowest BCUT2D eigenvalue weighted by Gasteiger charge is -2.39. The maximum absolute atomic E-state index is 12.1. The molecule has 3 N–H and O–H groups in total. The third-order valence-electron chi connectivity index (χ3n) is 3.13. The molecule has 0 aliphatic carbocycles. The fourth-order valence-electron chi connectivity index (χ4n) is 2.03. The van der Waals surface area contributed by atoms with E-state index in [0.717, 1.165) is 12.8 Å². The van der Waals surface area contributed by atoms with Crippen molar-refractivity contribution in [3.8, 4) is 0 Å². The maximum atomic E-state index is 12.1. The van der Waals surface area contributed by atoms with Crippen molar-refractivity contribution >= 4 is 5.91 Å². The third-order valence-corrected chi connectivity index (χ3v) is 3.13. The first-order valence-electron chi connectivity index (χ1n) is 5.63. The highest BCUT2D eigenvalue weighted by molar-refractivity contribution is 5.83. The monoisotopic (exact) mass is 214 g/mol. The Kier molecular flexibility index (Phi) is 4.11. The molecule has 0 aromatic heterocycles. The zero-order valence-corrected chi connectivity index (χ0v) is 9.88. The van der Waals surface area contributed by atoms with Crippen molar-refractivity contribution in [3.63, 3.8) is 0 Å². The number of carbonyl (C=O) groups excluding carboxylic acids is 1. The minimum absolute atomic E-state index is 0.0794. The Bertz CT molecular complexity index is 221. The van der Waals surface area contributed by atoms with Crippen LogP contribution in [0.2, 0.25) is 0 Å². The summed E-state index contributed by atoms with van der Waals surface area (Å²) in [5, 5.41) is 2.96. The number of nitrogens with one attached hydrogen (secondary N) is 1. The predicted octanol–water partition coefficient (Wildman–Crippen LogP) is 0.655. The zero-order valence-electron chi connectivity index (χ0n) is 9.88. The van der Waals surface area contributed by atoms with Gasteiger partial charge < -0.3 is 15.8 Å². The summed E-state index contributed by atoms with van der Waals surface area (Å²) in [7, 11) is 0. The molecule has 1 saturated heterocycles. The molecule has 0 radical (unpaired) electrons. The van der Waals surface area contributed by atoms with Gasteiger partial charge in [0.2, 0.25) is 5.91 Å². The third kappa shape index (κ3) is 2.69. The molecular formula is C11H22N2O2. The van der Waals surface area contributed by atoms with Crippen LogP contribution >= 0.6 is 0 Å². The van der Waals surface area contributed by atoms with Gasteiger partial charge in [0.25, 0.3) is 0 Å². The molecule has 1 fully saturated rings. The van der Waals surface area contributed by atoms with Crippen molar-refractivity contribution in [2.45, 2.75) is 45.7 Å². The van der Waals surface area contributed by atoms with E-state index in [-0.39, 0.29) is 18.0 Å². The summed E-state index contributed by atoms with van der Waals surface area (Å²) in [4.78, 5) is 12.1. The topological polar surface area (TPSA) is 64.4 Å². The molecule has 1 atom stereocenters. The van der Waals surface area contributed by atoms with E-state index in [0.29, 0.717) is 13.2 Å². The van der Waals surface area contributed by atoms with Crippen LogP contribution in [0.3, 0.4) is 0 Å². The largest absolute Gasteiger partial charge is 0.381 e. The van der Waals surface area contributed by atoms with Crippen LogP contribution in [0.5, 0.6) is 0 Å². The van der Waals surface area contributed by atoms with Gasteiger partial charge in [-0.2, -0.15) is 0 Å². The van der Waals surface area contributed by atoms with E-state index < -0.39 is 5.41 Å². The molecule has 0 saturated carbocycles. The minimum atomic E-state index is -0.428. The van der Waals surface area contributed by atoms with Crippen molar-refractivity contribution in [1.29, 1.82) is 0 Å². The number of carbonyl (C=O) groups is 1. The Balaban J connectivity index is 2.75. The number of ether oxygens (including phenoxy) is 1. The number of hydrogen-bond donors (Lipinski definition) is 2. The zero-order chi connectivity index (χ0) is 11.5. The van der Waals surface area contributed by atoms with Crippen LogP contribution in [0, 0.1) is 5.41 Å². The lowest BCUT2D eigenvalue weighted by Crippen LogP contribution is -2.55. The summed E-state index contributed by atoms with van der Waals surface area (Å²) >= 11 is 0. The Morgan fingerprint density at radius 2 is 1.87 bits per heavy atom. The van der Waals surface area contributed by atoms with Crippen LogP contribution in [0.15, 0.2) is 0 Å². The quantitative estimate of drug-likeness (QED) is 0.725. The highest BCUT2D eigenvalue weighted by Gasteiger charge is 2.43. The second kappa shape index (κ2) is 4.94. The van der Waals surface area contributed by atoms with Crippen molar-refractivity contribution in [2.75, 3.05) is 13.2 Å². The van der Waals surface area contributed by atoms with Gasteiger partial charge >= 0.3 is 0 Å². The molecule has 1 aliphatic rings. The van der Waals surface area contributed by atoms with E-state index in [2.05, 4.69) is 5.32 Å². The van der Waals surface area contributed by atoms with E-state index in [1.807, 2.05) is 20.8 Å². The number of nitrogens with two attached hydrogens (primary N) is 1. The standard InChI is InChI=1S/C11H22N2O2/c1-8(2)13-10(14)11(9(3)12)4-6-15-7-5-11/h8-9H,4-7,12H2,1-3H3,(H,13,14). The molecule has 0 spiro atoms. The van der Waals surface area contributed by atoms with Gasteiger partial charge in [-0.25, -0.2) is 0 Å². The summed E-state index contributed by atoms with van der Waals surface area (Å²) in [6.45, 7) is 7.10. The van der Waals surface area contributed by atoms with Crippen LogP contribution in [0.4, 0.5) is 0 Å². The number of rotatable bonds is 3. The molecule has 15 heavy (non-hydrogen) atoms. The van der Waals surface area contributed by atoms with Gasteiger partial charge in [0.05, 0.1) is 5.41 Å². The second-order valence-corrected chi connectivity index (χ2v) is 4.69. The first kappa shape index (κ1) is 12.5. The number of hydrogen-bond acceptors (Lipinski definition) is 3. The lowest BCUT2D eigenvalue weighted by atomic mass is 9.74. The molecule has 1 aliphatic heterocycles. The van der Waals surface area contributed by atoms with E-state index in [9.17, 15) is 4.79 Å². The van der Waals surface area contributed by atoms with Gasteiger partial charge in [-0.05, 0) is 33.6 Å². The normalized spacial score (nSPS) is 22.5. The highest BCUT2D eigenvalue weighted by atomic mass is 16.5. The molecule has 4 nitrogen and oxygen atoms in total. The summed E-state index contributed by atoms with van der Waals surface area (Å²) in [6.07, 6.45) is 1.45. The Labute approximate surface area is 91.5 Å². The fourth-order valence-corrected chi connectivity index (χ4v) is 2.03. The maximum Gasteiger partial charge on any atom is 0.228 e. The average Bonchev–Trinajstić information content (AvgIpc) is 2.17. The molecule has 1 unspecified atom stereocenters.